The van der Waals surface area contributed by atoms with Crippen molar-refractivity contribution >= 4 is 17.6 Å². The summed E-state index contributed by atoms with van der Waals surface area (Å²) < 4.78 is 72.9. The van der Waals surface area contributed by atoms with Crippen molar-refractivity contribution in [3.05, 3.63) is 34.6 Å². The van der Waals surface area contributed by atoms with Crippen LogP contribution in [-0.2, 0) is 9.53 Å². The van der Waals surface area contributed by atoms with E-state index in [1.54, 1.807) is 13.8 Å². The Bertz CT molecular complexity index is 691. The average Bonchev–Trinajstić information content (AvgIpc) is 3.39. The highest BCUT2D eigenvalue weighted by atomic mass is 35.5. The van der Waals surface area contributed by atoms with E-state index in [0.717, 1.165) is 7.11 Å². The third-order valence-corrected chi connectivity index (χ3v) is 5.73. The number of hydrogen-bond acceptors (Lipinski definition) is 3. The molecule has 1 saturated carbocycles. The van der Waals surface area contributed by atoms with Crippen molar-refractivity contribution in [2.45, 2.75) is 37.7 Å². The van der Waals surface area contributed by atoms with E-state index in [1.165, 1.54) is 0 Å². The second-order valence-electron chi connectivity index (χ2n) is 6.40. The lowest BCUT2D eigenvalue weighted by molar-refractivity contribution is -0.152. The maximum atomic E-state index is 14.1. The van der Waals surface area contributed by atoms with Crippen molar-refractivity contribution in [2.75, 3.05) is 7.11 Å². The van der Waals surface area contributed by atoms with Gasteiger partial charge >= 0.3 is 5.97 Å². The standard InChI is InChI=1S/C16H16ClF5O3/c1-6(2)15(4-5-15)16(17,14(24)25-3)13(23)7-8(18)10(20)12(22)11(21)9(7)19/h6,13,23H,4-5H2,1-3H3/t13-,16+/m1/s1. The lowest BCUT2D eigenvalue weighted by atomic mass is 9.74. The second-order valence-corrected chi connectivity index (χ2v) is 7.00. The van der Waals surface area contributed by atoms with Gasteiger partial charge in [0.05, 0.1) is 12.7 Å². The number of methoxy groups -OCH3 is 1. The molecule has 0 saturated heterocycles. The van der Waals surface area contributed by atoms with Crippen molar-refractivity contribution in [2.24, 2.45) is 11.3 Å². The van der Waals surface area contributed by atoms with E-state index in [-0.39, 0.29) is 5.92 Å². The summed E-state index contributed by atoms with van der Waals surface area (Å²) in [6, 6.07) is 0. The molecule has 0 bridgehead atoms. The summed E-state index contributed by atoms with van der Waals surface area (Å²) >= 11 is 6.32. The normalized spacial score (nSPS) is 19.5. The van der Waals surface area contributed by atoms with E-state index in [1.807, 2.05) is 0 Å². The van der Waals surface area contributed by atoms with Gasteiger partial charge in [-0.3, -0.25) is 4.79 Å². The highest BCUT2D eigenvalue weighted by molar-refractivity contribution is 6.35. The Morgan fingerprint density at radius 3 is 1.80 bits per heavy atom. The van der Waals surface area contributed by atoms with Crippen LogP contribution in [0.4, 0.5) is 22.0 Å². The monoisotopic (exact) mass is 386 g/mol. The zero-order valence-corrected chi connectivity index (χ0v) is 14.4. The molecule has 2 rings (SSSR count). The number of hydrogen-bond donors (Lipinski definition) is 1. The largest absolute Gasteiger partial charge is 0.468 e. The maximum absolute atomic E-state index is 14.1. The molecular weight excluding hydrogens is 371 g/mol. The minimum Gasteiger partial charge on any atom is -0.468 e. The number of carbonyl (C=O) groups excluding carboxylic acids is 1. The molecule has 0 unspecified atom stereocenters. The van der Waals surface area contributed by atoms with Gasteiger partial charge in [0.1, 0.15) is 6.10 Å². The van der Waals surface area contributed by atoms with Crippen LogP contribution in [0.5, 0.6) is 0 Å². The van der Waals surface area contributed by atoms with Crippen LogP contribution in [-0.4, -0.2) is 23.1 Å². The number of ether oxygens (including phenoxy) is 1. The SMILES string of the molecule is COC(=O)[C@@](Cl)([C@H](O)c1c(F)c(F)c(F)c(F)c1F)C1(C(C)C)CC1. The highest BCUT2D eigenvalue weighted by Gasteiger charge is 2.69. The fraction of sp³-hybridized carbons (Fsp3) is 0.562. The summed E-state index contributed by atoms with van der Waals surface area (Å²) in [4.78, 5) is 9.87. The fourth-order valence-electron chi connectivity index (χ4n) is 3.29. The molecule has 3 nitrogen and oxygen atoms in total. The molecule has 1 fully saturated rings. The summed E-state index contributed by atoms with van der Waals surface area (Å²) in [7, 11) is 0.946. The molecule has 140 valence electrons. The third kappa shape index (κ3) is 2.61. The molecule has 1 aliphatic carbocycles. The highest BCUT2D eigenvalue weighted by Crippen LogP contribution is 2.66. The molecule has 0 aliphatic heterocycles. The van der Waals surface area contributed by atoms with E-state index in [9.17, 15) is 31.9 Å². The molecule has 0 heterocycles. The first-order valence-corrected chi connectivity index (χ1v) is 7.81. The average molecular weight is 387 g/mol. The van der Waals surface area contributed by atoms with Gasteiger partial charge in [-0.1, -0.05) is 13.8 Å². The fourth-order valence-corrected chi connectivity index (χ4v) is 3.89. The van der Waals surface area contributed by atoms with Gasteiger partial charge in [0, 0.05) is 5.41 Å². The summed E-state index contributed by atoms with van der Waals surface area (Å²) in [6.07, 6.45) is -1.87. The number of aliphatic hydroxyl groups is 1. The van der Waals surface area contributed by atoms with E-state index in [4.69, 9.17) is 11.6 Å². The van der Waals surface area contributed by atoms with Crippen molar-refractivity contribution in [3.63, 3.8) is 0 Å². The van der Waals surface area contributed by atoms with E-state index in [2.05, 4.69) is 4.74 Å². The molecule has 0 radical (unpaired) electrons. The molecule has 0 spiro atoms. The number of carbonyl (C=O) groups is 1. The Kier molecular flexibility index (Phi) is 5.09. The molecule has 0 amide bonds. The van der Waals surface area contributed by atoms with Crippen molar-refractivity contribution in [1.82, 2.24) is 0 Å². The lowest BCUT2D eigenvalue weighted by Gasteiger charge is -2.39. The Labute approximate surface area is 145 Å². The van der Waals surface area contributed by atoms with Gasteiger partial charge in [0.2, 0.25) is 5.82 Å². The van der Waals surface area contributed by atoms with Crippen molar-refractivity contribution in [1.29, 1.82) is 0 Å². The van der Waals surface area contributed by atoms with Crippen LogP contribution in [0.2, 0.25) is 0 Å². The van der Waals surface area contributed by atoms with E-state index >= 15 is 0 Å². The van der Waals surface area contributed by atoms with Crippen LogP contribution in [0, 0.1) is 40.4 Å². The number of aliphatic hydroxyl groups excluding tert-OH is 1. The predicted octanol–water partition coefficient (Wildman–Crippen LogP) is 4.00. The summed E-state index contributed by atoms with van der Waals surface area (Å²) in [5.41, 5.74) is -2.66. The molecule has 1 aliphatic rings. The zero-order chi connectivity index (χ0) is 19.3. The Morgan fingerprint density at radius 2 is 1.48 bits per heavy atom. The van der Waals surface area contributed by atoms with Crippen LogP contribution in [0.15, 0.2) is 0 Å². The van der Waals surface area contributed by atoms with Gasteiger partial charge < -0.3 is 9.84 Å². The number of benzene rings is 1. The van der Waals surface area contributed by atoms with Crippen LogP contribution >= 0.6 is 11.6 Å². The van der Waals surface area contributed by atoms with E-state index in [0.29, 0.717) is 12.8 Å². The molecule has 1 aromatic carbocycles. The van der Waals surface area contributed by atoms with Crippen LogP contribution in [0.3, 0.4) is 0 Å². The minimum atomic E-state index is -2.50. The summed E-state index contributed by atoms with van der Waals surface area (Å²) in [5, 5.41) is 10.5. The quantitative estimate of drug-likeness (QED) is 0.273. The molecule has 1 aromatic rings. The number of alkyl halides is 1. The third-order valence-electron chi connectivity index (χ3n) is 4.99. The smallest absolute Gasteiger partial charge is 0.330 e. The van der Waals surface area contributed by atoms with Gasteiger partial charge in [0.25, 0.3) is 0 Å². The van der Waals surface area contributed by atoms with Crippen LogP contribution < -0.4 is 0 Å². The van der Waals surface area contributed by atoms with Crippen LogP contribution in [0.25, 0.3) is 0 Å². The Morgan fingerprint density at radius 1 is 1.08 bits per heavy atom. The molecule has 25 heavy (non-hydrogen) atoms. The molecule has 2 atom stereocenters. The van der Waals surface area contributed by atoms with Crippen molar-refractivity contribution in [3.8, 4) is 0 Å². The lowest BCUT2D eigenvalue weighted by Crippen LogP contribution is -2.51. The van der Waals surface area contributed by atoms with Gasteiger partial charge in [-0.2, -0.15) is 0 Å². The first-order chi connectivity index (χ1) is 11.5. The molecular formula is C16H16ClF5O3. The molecule has 9 heteroatoms. The van der Waals surface area contributed by atoms with Gasteiger partial charge in [-0.25, -0.2) is 22.0 Å². The van der Waals surface area contributed by atoms with Crippen LogP contribution in [0.1, 0.15) is 38.4 Å². The van der Waals surface area contributed by atoms with Gasteiger partial charge in [0.15, 0.2) is 28.1 Å². The second kappa shape index (κ2) is 6.39. The Balaban J connectivity index is 2.72. The zero-order valence-electron chi connectivity index (χ0n) is 13.6. The predicted molar refractivity (Wildman–Crippen MR) is 78.3 cm³/mol. The topological polar surface area (TPSA) is 46.5 Å². The molecule has 0 aromatic heterocycles. The summed E-state index contributed by atoms with van der Waals surface area (Å²) in [5.74, 6) is -12.8. The number of esters is 1. The minimum absolute atomic E-state index is 0.315. The van der Waals surface area contributed by atoms with Gasteiger partial charge in [-0.15, -0.1) is 11.6 Å². The van der Waals surface area contributed by atoms with E-state index < -0.39 is 57.0 Å². The summed E-state index contributed by atoms with van der Waals surface area (Å²) in [6.45, 7) is 3.33. The maximum Gasteiger partial charge on any atom is 0.330 e. The van der Waals surface area contributed by atoms with Gasteiger partial charge in [-0.05, 0) is 18.8 Å². The number of halogens is 6. The van der Waals surface area contributed by atoms with Crippen molar-refractivity contribution < 1.29 is 36.6 Å². The number of rotatable bonds is 5. The first kappa shape index (κ1) is 19.9. The first-order valence-electron chi connectivity index (χ1n) is 7.44. The molecule has 1 N–H and O–H groups in total. The Hall–Kier alpha value is -1.41.